The van der Waals surface area contributed by atoms with Gasteiger partial charge in [0.25, 0.3) is 5.69 Å². The molecule has 1 aromatic rings. The summed E-state index contributed by atoms with van der Waals surface area (Å²) in [5, 5.41) is 17.1. The first-order valence-corrected chi connectivity index (χ1v) is 8.04. The largest absolute Gasteiger partial charge is 0.379 e. The maximum Gasteiger partial charge on any atom is 0.269 e. The smallest absolute Gasteiger partial charge is 0.269 e. The summed E-state index contributed by atoms with van der Waals surface area (Å²) in [4.78, 5) is 10.1. The van der Waals surface area contributed by atoms with Crippen molar-refractivity contribution in [1.29, 1.82) is 0 Å². The number of non-ortho nitro benzene ring substituents is 1. The van der Waals surface area contributed by atoms with Crippen molar-refractivity contribution in [3.63, 3.8) is 0 Å². The first kappa shape index (κ1) is 17.6. The van der Waals surface area contributed by atoms with E-state index in [1.54, 1.807) is 12.1 Å². The van der Waals surface area contributed by atoms with Crippen molar-refractivity contribution in [3.05, 3.63) is 34.4 Å². The van der Waals surface area contributed by atoms with Crippen molar-refractivity contribution in [1.82, 2.24) is 5.32 Å². The average molecular weight is 339 g/mol. The van der Waals surface area contributed by atoms with Crippen LogP contribution in [0.25, 0.3) is 0 Å². The van der Waals surface area contributed by atoms with E-state index in [4.69, 9.17) is 21.7 Å². The maximum atomic E-state index is 10.6. The van der Waals surface area contributed by atoms with Gasteiger partial charge >= 0.3 is 0 Å². The van der Waals surface area contributed by atoms with Gasteiger partial charge in [0, 0.05) is 37.6 Å². The van der Waals surface area contributed by atoms with Crippen molar-refractivity contribution in [2.45, 2.75) is 25.4 Å². The molecule has 0 aliphatic carbocycles. The van der Waals surface area contributed by atoms with Gasteiger partial charge in [-0.3, -0.25) is 10.1 Å². The summed E-state index contributed by atoms with van der Waals surface area (Å²) in [6.45, 7) is 2.86. The summed E-state index contributed by atoms with van der Waals surface area (Å²) < 4.78 is 11.0. The number of anilines is 1. The maximum absolute atomic E-state index is 10.6. The molecule has 1 aliphatic heterocycles. The monoisotopic (exact) mass is 339 g/mol. The van der Waals surface area contributed by atoms with Gasteiger partial charge in [-0.15, -0.1) is 0 Å². The average Bonchev–Trinajstić information content (AvgIpc) is 3.04. The van der Waals surface area contributed by atoms with Gasteiger partial charge in [0.15, 0.2) is 5.11 Å². The predicted molar refractivity (Wildman–Crippen MR) is 91.7 cm³/mol. The lowest BCUT2D eigenvalue weighted by atomic mass is 10.2. The van der Waals surface area contributed by atoms with E-state index in [-0.39, 0.29) is 11.8 Å². The van der Waals surface area contributed by atoms with Crippen LogP contribution in [0.5, 0.6) is 0 Å². The lowest BCUT2D eigenvalue weighted by Crippen LogP contribution is -2.30. The lowest BCUT2D eigenvalue weighted by Gasteiger charge is -2.12. The molecule has 126 valence electrons. The van der Waals surface area contributed by atoms with E-state index < -0.39 is 4.92 Å². The SMILES string of the molecule is O=[N+]([O-])c1ccc(NC(=S)NCCCOC[C@@H]2CCCO2)cc1. The Bertz CT molecular complexity index is 518. The quantitative estimate of drug-likeness (QED) is 0.326. The Morgan fingerprint density at radius 2 is 2.22 bits per heavy atom. The second-order valence-electron chi connectivity index (χ2n) is 5.25. The topological polar surface area (TPSA) is 85.7 Å². The minimum absolute atomic E-state index is 0.0535. The zero-order valence-electron chi connectivity index (χ0n) is 12.8. The van der Waals surface area contributed by atoms with Crippen LogP contribution < -0.4 is 10.6 Å². The molecule has 1 aromatic carbocycles. The molecule has 1 heterocycles. The van der Waals surface area contributed by atoms with Crippen LogP contribution in [0, 0.1) is 10.1 Å². The van der Waals surface area contributed by atoms with E-state index in [1.807, 2.05) is 0 Å². The molecular formula is C15H21N3O4S. The highest BCUT2D eigenvalue weighted by molar-refractivity contribution is 7.80. The van der Waals surface area contributed by atoms with Gasteiger partial charge in [0.2, 0.25) is 0 Å². The van der Waals surface area contributed by atoms with Gasteiger partial charge in [-0.1, -0.05) is 0 Å². The Morgan fingerprint density at radius 1 is 1.43 bits per heavy atom. The Morgan fingerprint density at radius 3 is 2.87 bits per heavy atom. The molecule has 1 aliphatic rings. The van der Waals surface area contributed by atoms with Crippen LogP contribution in [0.3, 0.4) is 0 Å². The molecule has 1 fully saturated rings. The second-order valence-corrected chi connectivity index (χ2v) is 5.66. The molecule has 0 bridgehead atoms. The van der Waals surface area contributed by atoms with Crippen molar-refractivity contribution >= 4 is 28.7 Å². The third-order valence-corrected chi connectivity index (χ3v) is 3.66. The Hall–Kier alpha value is -1.77. The van der Waals surface area contributed by atoms with Crippen LogP contribution in [0.2, 0.25) is 0 Å². The molecule has 0 unspecified atom stereocenters. The summed E-state index contributed by atoms with van der Waals surface area (Å²) >= 11 is 5.17. The number of benzene rings is 1. The summed E-state index contributed by atoms with van der Waals surface area (Å²) in [6, 6.07) is 6.11. The molecule has 7 nitrogen and oxygen atoms in total. The third kappa shape index (κ3) is 6.47. The summed E-state index contributed by atoms with van der Waals surface area (Å²) in [6.07, 6.45) is 3.31. The van der Waals surface area contributed by atoms with Gasteiger partial charge in [0.05, 0.1) is 17.6 Å². The summed E-state index contributed by atoms with van der Waals surface area (Å²) in [5.74, 6) is 0. The highest BCUT2D eigenvalue weighted by Gasteiger charge is 2.14. The first-order chi connectivity index (χ1) is 11.1. The molecule has 2 N–H and O–H groups in total. The molecule has 8 heteroatoms. The number of thiocarbonyl (C=S) groups is 1. The van der Waals surface area contributed by atoms with Crippen molar-refractivity contribution in [2.24, 2.45) is 0 Å². The van der Waals surface area contributed by atoms with E-state index in [1.165, 1.54) is 12.1 Å². The Kier molecular flexibility index (Phi) is 7.18. The van der Waals surface area contributed by atoms with E-state index >= 15 is 0 Å². The fourth-order valence-corrected chi connectivity index (χ4v) is 2.43. The predicted octanol–water partition coefficient (Wildman–Crippen LogP) is 2.47. The minimum Gasteiger partial charge on any atom is -0.379 e. The third-order valence-electron chi connectivity index (χ3n) is 3.41. The molecule has 2 rings (SSSR count). The molecule has 0 spiro atoms. The number of nitro benzene ring substituents is 1. The Labute approximate surface area is 140 Å². The van der Waals surface area contributed by atoms with Gasteiger partial charge in [0.1, 0.15) is 0 Å². The fourth-order valence-electron chi connectivity index (χ4n) is 2.21. The number of rotatable bonds is 8. The molecular weight excluding hydrogens is 318 g/mol. The second kappa shape index (κ2) is 9.39. The highest BCUT2D eigenvalue weighted by atomic mass is 32.1. The number of ether oxygens (including phenoxy) is 2. The van der Waals surface area contributed by atoms with Crippen LogP contribution in [0.4, 0.5) is 11.4 Å². The fraction of sp³-hybridized carbons (Fsp3) is 0.533. The number of hydrogen-bond donors (Lipinski definition) is 2. The van der Waals surface area contributed by atoms with E-state index in [2.05, 4.69) is 10.6 Å². The van der Waals surface area contributed by atoms with E-state index in [0.29, 0.717) is 30.6 Å². The molecule has 23 heavy (non-hydrogen) atoms. The van der Waals surface area contributed by atoms with Crippen molar-refractivity contribution in [3.8, 4) is 0 Å². The van der Waals surface area contributed by atoms with Crippen LogP contribution >= 0.6 is 12.2 Å². The summed E-state index contributed by atoms with van der Waals surface area (Å²) in [7, 11) is 0. The molecule has 0 aromatic heterocycles. The molecule has 1 atom stereocenters. The van der Waals surface area contributed by atoms with Crippen LogP contribution in [0.15, 0.2) is 24.3 Å². The lowest BCUT2D eigenvalue weighted by molar-refractivity contribution is -0.384. The zero-order valence-corrected chi connectivity index (χ0v) is 13.6. The number of nitrogens with one attached hydrogen (secondary N) is 2. The summed E-state index contributed by atoms with van der Waals surface area (Å²) in [5.41, 5.74) is 0.764. The van der Waals surface area contributed by atoms with Crippen molar-refractivity contribution < 1.29 is 14.4 Å². The van der Waals surface area contributed by atoms with E-state index in [9.17, 15) is 10.1 Å². The van der Waals surface area contributed by atoms with Crippen molar-refractivity contribution in [2.75, 3.05) is 31.7 Å². The molecule has 1 saturated heterocycles. The van der Waals surface area contributed by atoms with Gasteiger partial charge < -0.3 is 20.1 Å². The minimum atomic E-state index is -0.434. The van der Waals surface area contributed by atoms with Crippen LogP contribution in [-0.4, -0.2) is 42.5 Å². The zero-order chi connectivity index (χ0) is 16.5. The standard InChI is InChI=1S/C15H21N3O4S/c19-18(20)13-6-4-12(5-7-13)17-15(23)16-8-2-9-21-11-14-3-1-10-22-14/h4-7,14H,1-3,8-11H2,(H2,16,17,23)/t14-/m0/s1. The number of nitro groups is 1. The molecule has 0 saturated carbocycles. The van der Waals surface area contributed by atoms with Crippen LogP contribution in [0.1, 0.15) is 19.3 Å². The number of nitrogens with zero attached hydrogens (tertiary/aromatic N) is 1. The number of hydrogen-bond acceptors (Lipinski definition) is 5. The van der Waals surface area contributed by atoms with Gasteiger partial charge in [-0.2, -0.15) is 0 Å². The normalized spacial score (nSPS) is 17.0. The first-order valence-electron chi connectivity index (χ1n) is 7.64. The highest BCUT2D eigenvalue weighted by Crippen LogP contribution is 2.15. The van der Waals surface area contributed by atoms with Gasteiger partial charge in [-0.05, 0) is 43.6 Å². The van der Waals surface area contributed by atoms with E-state index in [0.717, 1.165) is 25.9 Å². The molecule has 0 amide bonds. The molecule has 0 radical (unpaired) electrons. The van der Waals surface area contributed by atoms with Crippen LogP contribution in [-0.2, 0) is 9.47 Å². The van der Waals surface area contributed by atoms with Gasteiger partial charge in [-0.25, -0.2) is 0 Å². The Balaban J connectivity index is 1.55.